The molecule has 2 aromatic rings. The van der Waals surface area contributed by atoms with Crippen molar-refractivity contribution in [3.05, 3.63) is 54.1 Å². The van der Waals surface area contributed by atoms with Gasteiger partial charge in [-0.15, -0.1) is 0 Å². The molecule has 1 amide bonds. The fraction of sp³-hybridized carbons (Fsp3) is 0.214. The van der Waals surface area contributed by atoms with E-state index in [9.17, 15) is 4.79 Å². The summed E-state index contributed by atoms with van der Waals surface area (Å²) < 4.78 is 0. The fourth-order valence-corrected chi connectivity index (χ4v) is 1.70. The molecule has 2 rings (SSSR count). The van der Waals surface area contributed by atoms with Crippen molar-refractivity contribution in [1.82, 2.24) is 15.3 Å². The Balaban J connectivity index is 2.08. The topological polar surface area (TPSA) is 66.9 Å². The highest BCUT2D eigenvalue weighted by molar-refractivity contribution is 5.93. The second kappa shape index (κ2) is 5.95. The normalized spacial score (nSPS) is 11.7. The highest BCUT2D eigenvalue weighted by atomic mass is 16.1. The molecule has 0 aliphatic heterocycles. The van der Waals surface area contributed by atoms with Crippen molar-refractivity contribution in [3.8, 4) is 0 Å². The maximum absolute atomic E-state index is 12.1. The third kappa shape index (κ3) is 3.28. The zero-order chi connectivity index (χ0) is 13.7. The van der Waals surface area contributed by atoms with Crippen LogP contribution in [-0.2, 0) is 0 Å². The molecule has 19 heavy (non-hydrogen) atoms. The SMILES string of the molecule is CNc1ccnc(C(=O)NC(C)c2cccnc2)c1. The molecule has 2 heterocycles. The Bertz CT molecular complexity index is 556. The Morgan fingerprint density at radius 2 is 2.16 bits per heavy atom. The van der Waals surface area contributed by atoms with Gasteiger partial charge in [0.25, 0.3) is 5.91 Å². The van der Waals surface area contributed by atoms with E-state index in [0.717, 1.165) is 11.3 Å². The van der Waals surface area contributed by atoms with Crippen LogP contribution >= 0.6 is 0 Å². The van der Waals surface area contributed by atoms with E-state index in [-0.39, 0.29) is 11.9 Å². The number of rotatable bonds is 4. The highest BCUT2D eigenvalue weighted by Crippen LogP contribution is 2.12. The molecule has 0 aliphatic carbocycles. The number of nitrogens with one attached hydrogen (secondary N) is 2. The first-order chi connectivity index (χ1) is 9.20. The summed E-state index contributed by atoms with van der Waals surface area (Å²) >= 11 is 0. The van der Waals surface area contributed by atoms with Gasteiger partial charge in [0, 0.05) is 31.3 Å². The summed E-state index contributed by atoms with van der Waals surface area (Å²) in [4.78, 5) is 20.2. The molecule has 5 heteroatoms. The van der Waals surface area contributed by atoms with Crippen molar-refractivity contribution < 1.29 is 4.79 Å². The number of aromatic nitrogens is 2. The number of nitrogens with zero attached hydrogens (tertiary/aromatic N) is 2. The van der Waals surface area contributed by atoms with E-state index in [1.807, 2.05) is 19.1 Å². The molecule has 5 nitrogen and oxygen atoms in total. The summed E-state index contributed by atoms with van der Waals surface area (Å²) in [7, 11) is 1.80. The molecule has 0 bridgehead atoms. The summed E-state index contributed by atoms with van der Waals surface area (Å²) in [6.07, 6.45) is 5.05. The summed E-state index contributed by atoms with van der Waals surface area (Å²) in [5.41, 5.74) is 2.21. The quantitative estimate of drug-likeness (QED) is 0.878. The van der Waals surface area contributed by atoms with Gasteiger partial charge in [0.1, 0.15) is 5.69 Å². The summed E-state index contributed by atoms with van der Waals surface area (Å²) in [5.74, 6) is -0.201. The third-order valence-electron chi connectivity index (χ3n) is 2.81. The Morgan fingerprint density at radius 1 is 1.32 bits per heavy atom. The number of anilines is 1. The number of amides is 1. The maximum Gasteiger partial charge on any atom is 0.270 e. The van der Waals surface area contributed by atoms with Gasteiger partial charge in [-0.1, -0.05) is 6.07 Å². The molecule has 0 aliphatic rings. The molecule has 2 aromatic heterocycles. The highest BCUT2D eigenvalue weighted by Gasteiger charge is 2.12. The molecular formula is C14H16N4O. The number of hydrogen-bond acceptors (Lipinski definition) is 4. The Hall–Kier alpha value is -2.43. The van der Waals surface area contributed by atoms with Gasteiger partial charge in [0.05, 0.1) is 6.04 Å². The second-order valence-electron chi connectivity index (χ2n) is 4.16. The molecule has 0 saturated heterocycles. The summed E-state index contributed by atoms with van der Waals surface area (Å²) in [6, 6.07) is 7.18. The van der Waals surface area contributed by atoms with Crippen LogP contribution in [0.3, 0.4) is 0 Å². The molecule has 98 valence electrons. The van der Waals surface area contributed by atoms with Crippen molar-refractivity contribution in [1.29, 1.82) is 0 Å². The van der Waals surface area contributed by atoms with Crippen molar-refractivity contribution in [2.24, 2.45) is 0 Å². The largest absolute Gasteiger partial charge is 0.388 e. The third-order valence-corrected chi connectivity index (χ3v) is 2.81. The fourth-order valence-electron chi connectivity index (χ4n) is 1.70. The second-order valence-corrected chi connectivity index (χ2v) is 4.16. The zero-order valence-corrected chi connectivity index (χ0v) is 10.9. The first-order valence-electron chi connectivity index (χ1n) is 6.05. The zero-order valence-electron chi connectivity index (χ0n) is 10.9. The van der Waals surface area contributed by atoms with Crippen molar-refractivity contribution >= 4 is 11.6 Å². The molecule has 0 saturated carbocycles. The Morgan fingerprint density at radius 3 is 2.84 bits per heavy atom. The maximum atomic E-state index is 12.1. The van der Waals surface area contributed by atoms with Crippen LogP contribution < -0.4 is 10.6 Å². The molecule has 0 fully saturated rings. The predicted octanol–water partition coefficient (Wildman–Crippen LogP) is 2.01. The minimum atomic E-state index is -0.201. The summed E-state index contributed by atoms with van der Waals surface area (Å²) in [6.45, 7) is 1.91. The van der Waals surface area contributed by atoms with Gasteiger partial charge in [-0.05, 0) is 30.7 Å². The van der Waals surface area contributed by atoms with E-state index in [0.29, 0.717) is 5.69 Å². The monoisotopic (exact) mass is 256 g/mol. The minimum absolute atomic E-state index is 0.110. The molecule has 1 unspecified atom stereocenters. The van der Waals surface area contributed by atoms with Gasteiger partial charge >= 0.3 is 0 Å². The first-order valence-corrected chi connectivity index (χ1v) is 6.05. The Kier molecular flexibility index (Phi) is 4.07. The van der Waals surface area contributed by atoms with E-state index in [1.165, 1.54) is 0 Å². The van der Waals surface area contributed by atoms with Crippen LogP contribution in [0.2, 0.25) is 0 Å². The van der Waals surface area contributed by atoms with Crippen molar-refractivity contribution in [3.63, 3.8) is 0 Å². The van der Waals surface area contributed by atoms with E-state index < -0.39 is 0 Å². The molecule has 0 spiro atoms. The van der Waals surface area contributed by atoms with Crippen LogP contribution in [0.5, 0.6) is 0 Å². The number of hydrogen-bond donors (Lipinski definition) is 2. The van der Waals surface area contributed by atoms with Crippen LogP contribution in [0.4, 0.5) is 5.69 Å². The molecule has 2 N–H and O–H groups in total. The molecular weight excluding hydrogens is 240 g/mol. The van der Waals surface area contributed by atoms with E-state index in [4.69, 9.17) is 0 Å². The van der Waals surface area contributed by atoms with Crippen LogP contribution in [0.15, 0.2) is 42.9 Å². The molecule has 0 aromatic carbocycles. The number of carbonyl (C=O) groups excluding carboxylic acids is 1. The minimum Gasteiger partial charge on any atom is -0.388 e. The molecule has 1 atom stereocenters. The van der Waals surface area contributed by atoms with E-state index in [2.05, 4.69) is 20.6 Å². The number of carbonyl (C=O) groups is 1. The van der Waals surface area contributed by atoms with Crippen LogP contribution in [-0.4, -0.2) is 22.9 Å². The lowest BCUT2D eigenvalue weighted by atomic mass is 10.1. The van der Waals surface area contributed by atoms with E-state index >= 15 is 0 Å². The van der Waals surface area contributed by atoms with Gasteiger partial charge < -0.3 is 10.6 Å². The van der Waals surface area contributed by atoms with Gasteiger partial charge in [0.2, 0.25) is 0 Å². The van der Waals surface area contributed by atoms with Crippen LogP contribution in [0, 0.1) is 0 Å². The lowest BCUT2D eigenvalue weighted by molar-refractivity contribution is 0.0935. The lowest BCUT2D eigenvalue weighted by Gasteiger charge is -2.13. The van der Waals surface area contributed by atoms with Crippen LogP contribution in [0.1, 0.15) is 29.0 Å². The smallest absolute Gasteiger partial charge is 0.270 e. The van der Waals surface area contributed by atoms with Crippen molar-refractivity contribution in [2.75, 3.05) is 12.4 Å². The average molecular weight is 256 g/mol. The average Bonchev–Trinajstić information content (AvgIpc) is 2.48. The molecule has 0 radical (unpaired) electrons. The van der Waals surface area contributed by atoms with Crippen molar-refractivity contribution in [2.45, 2.75) is 13.0 Å². The standard InChI is InChI=1S/C14H16N4O/c1-10(11-4-3-6-16-9-11)18-14(19)13-8-12(15-2)5-7-17-13/h3-10H,1-2H3,(H,15,17)(H,18,19). The van der Waals surface area contributed by atoms with Crippen LogP contribution in [0.25, 0.3) is 0 Å². The van der Waals surface area contributed by atoms with E-state index in [1.54, 1.807) is 37.8 Å². The first kappa shape index (κ1) is 13.0. The van der Waals surface area contributed by atoms with Gasteiger partial charge in [-0.25, -0.2) is 0 Å². The summed E-state index contributed by atoms with van der Waals surface area (Å²) in [5, 5.41) is 5.87. The lowest BCUT2D eigenvalue weighted by Crippen LogP contribution is -2.27. The van der Waals surface area contributed by atoms with Gasteiger partial charge in [-0.3, -0.25) is 14.8 Å². The predicted molar refractivity (Wildman–Crippen MR) is 73.9 cm³/mol. The Labute approximate surface area is 112 Å². The number of pyridine rings is 2. The van der Waals surface area contributed by atoms with Gasteiger partial charge in [-0.2, -0.15) is 0 Å². The van der Waals surface area contributed by atoms with Gasteiger partial charge in [0.15, 0.2) is 0 Å².